The van der Waals surface area contributed by atoms with Gasteiger partial charge in [-0.05, 0) is 67.1 Å². The summed E-state index contributed by atoms with van der Waals surface area (Å²) in [6.07, 6.45) is 3.14. The van der Waals surface area contributed by atoms with Crippen molar-refractivity contribution in [2.75, 3.05) is 23.9 Å². The summed E-state index contributed by atoms with van der Waals surface area (Å²) in [6, 6.07) is 23.6. The Morgan fingerprint density at radius 2 is 1.65 bits per heavy atom. The van der Waals surface area contributed by atoms with Gasteiger partial charge in [0.2, 0.25) is 5.91 Å². The molecular weight excluding hydrogens is 505 g/mol. The van der Waals surface area contributed by atoms with Crippen LogP contribution in [-0.4, -0.2) is 44.3 Å². The maximum Gasteiger partial charge on any atom is 0.266 e. The van der Waals surface area contributed by atoms with E-state index in [1.807, 2.05) is 23.1 Å². The molecule has 4 aromatic rings. The highest BCUT2D eigenvalue weighted by Crippen LogP contribution is 2.26. The SMILES string of the molecule is O=C(CSCSc1nc2ccccc2c(=O)n1-c1ccc(F)cc1)N1CCC(Cc2ccccc2)CC1. The maximum absolute atomic E-state index is 13.5. The number of nitrogens with zero attached hydrogens (tertiary/aromatic N) is 3. The first kappa shape index (κ1) is 25.5. The second-order valence-corrected chi connectivity index (χ2v) is 11.4. The third-order valence-electron chi connectivity index (χ3n) is 6.66. The van der Waals surface area contributed by atoms with Gasteiger partial charge in [-0.25, -0.2) is 9.37 Å². The lowest BCUT2D eigenvalue weighted by atomic mass is 9.90. The molecule has 0 radical (unpaired) electrons. The quantitative estimate of drug-likeness (QED) is 0.124. The monoisotopic (exact) mass is 533 g/mol. The van der Waals surface area contributed by atoms with Crippen LogP contribution in [0.4, 0.5) is 4.39 Å². The molecule has 0 spiro atoms. The molecule has 37 heavy (non-hydrogen) atoms. The lowest BCUT2D eigenvalue weighted by molar-refractivity contribution is -0.129. The van der Waals surface area contributed by atoms with E-state index < -0.39 is 0 Å². The summed E-state index contributed by atoms with van der Waals surface area (Å²) in [5, 5.41) is 1.61. The van der Waals surface area contributed by atoms with Crippen molar-refractivity contribution in [3.63, 3.8) is 0 Å². The first-order chi connectivity index (χ1) is 18.1. The van der Waals surface area contributed by atoms with Crippen LogP contribution in [0.25, 0.3) is 16.6 Å². The minimum atomic E-state index is -0.363. The first-order valence-corrected chi connectivity index (χ1v) is 14.5. The number of hydrogen-bond donors (Lipinski definition) is 0. The van der Waals surface area contributed by atoms with Crippen molar-refractivity contribution >= 4 is 40.3 Å². The Morgan fingerprint density at radius 1 is 0.946 bits per heavy atom. The van der Waals surface area contributed by atoms with Gasteiger partial charge in [-0.3, -0.25) is 14.2 Å². The molecule has 5 nitrogen and oxygen atoms in total. The molecule has 3 aromatic carbocycles. The van der Waals surface area contributed by atoms with E-state index in [1.54, 1.807) is 24.3 Å². The second-order valence-electron chi connectivity index (χ2n) is 9.15. The van der Waals surface area contributed by atoms with Crippen molar-refractivity contribution < 1.29 is 9.18 Å². The van der Waals surface area contributed by atoms with E-state index in [9.17, 15) is 14.0 Å². The molecular formula is C29H28FN3O2S2. The van der Waals surface area contributed by atoms with Crippen LogP contribution < -0.4 is 5.56 Å². The van der Waals surface area contributed by atoms with Crippen molar-refractivity contribution in [3.05, 3.63) is 101 Å². The highest BCUT2D eigenvalue weighted by Gasteiger charge is 2.23. The summed E-state index contributed by atoms with van der Waals surface area (Å²) in [5.41, 5.74) is 2.35. The highest BCUT2D eigenvalue weighted by molar-refractivity contribution is 8.16. The second kappa shape index (κ2) is 12.0. The number of amides is 1. The topological polar surface area (TPSA) is 55.2 Å². The number of carbonyl (C=O) groups is 1. The molecule has 1 fully saturated rings. The molecule has 1 aliphatic heterocycles. The lowest BCUT2D eigenvalue weighted by Gasteiger charge is -2.32. The number of halogens is 1. The van der Waals surface area contributed by atoms with E-state index in [1.165, 1.54) is 45.8 Å². The fourth-order valence-electron chi connectivity index (χ4n) is 4.68. The minimum absolute atomic E-state index is 0.158. The summed E-state index contributed by atoms with van der Waals surface area (Å²) in [5.74, 6) is 0.811. The summed E-state index contributed by atoms with van der Waals surface area (Å²) in [4.78, 5) is 32.8. The largest absolute Gasteiger partial charge is 0.342 e. The fraction of sp³-hybridized carbons (Fsp3) is 0.276. The van der Waals surface area contributed by atoms with Gasteiger partial charge in [0, 0.05) is 18.2 Å². The minimum Gasteiger partial charge on any atom is -0.342 e. The lowest BCUT2D eigenvalue weighted by Crippen LogP contribution is -2.39. The third kappa shape index (κ3) is 6.25. The first-order valence-electron chi connectivity index (χ1n) is 12.4. The molecule has 1 amide bonds. The molecule has 5 rings (SSSR count). The van der Waals surface area contributed by atoms with Crippen molar-refractivity contribution in [3.8, 4) is 5.69 Å². The molecule has 1 aliphatic rings. The zero-order valence-corrected chi connectivity index (χ0v) is 22.0. The normalized spacial score (nSPS) is 14.2. The number of para-hydroxylation sites is 1. The molecule has 0 N–H and O–H groups in total. The standard InChI is InChI=1S/C29H28FN3O2S2/c30-23-10-12-24(13-11-23)33-28(35)25-8-4-5-9-26(25)31-29(33)37-20-36-19-27(34)32-16-14-22(15-17-32)18-21-6-2-1-3-7-21/h1-13,22H,14-20H2. The van der Waals surface area contributed by atoms with Gasteiger partial charge in [0.25, 0.3) is 5.56 Å². The number of benzene rings is 3. The Kier molecular flexibility index (Phi) is 8.26. The van der Waals surface area contributed by atoms with Gasteiger partial charge in [0.15, 0.2) is 5.16 Å². The Balaban J connectivity index is 1.18. The number of rotatable bonds is 8. The Morgan fingerprint density at radius 3 is 2.41 bits per heavy atom. The predicted octanol–water partition coefficient (Wildman–Crippen LogP) is 5.79. The molecule has 8 heteroatoms. The molecule has 0 atom stereocenters. The number of likely N-dealkylation sites (tertiary alicyclic amines) is 1. The molecule has 0 unspecified atom stereocenters. The summed E-state index contributed by atoms with van der Waals surface area (Å²) < 4.78 is 15.0. The van der Waals surface area contributed by atoms with Crippen LogP contribution in [0.5, 0.6) is 0 Å². The van der Waals surface area contributed by atoms with Gasteiger partial charge in [-0.1, -0.05) is 54.2 Å². The number of carbonyl (C=O) groups excluding carboxylic acids is 1. The van der Waals surface area contributed by atoms with Crippen LogP contribution in [0.3, 0.4) is 0 Å². The van der Waals surface area contributed by atoms with Crippen LogP contribution in [0.1, 0.15) is 18.4 Å². The van der Waals surface area contributed by atoms with E-state index >= 15 is 0 Å². The number of hydrogen-bond acceptors (Lipinski definition) is 5. The van der Waals surface area contributed by atoms with Gasteiger partial charge in [0.05, 0.1) is 22.3 Å². The van der Waals surface area contributed by atoms with Gasteiger partial charge < -0.3 is 4.90 Å². The van der Waals surface area contributed by atoms with E-state index in [2.05, 4.69) is 24.3 Å². The van der Waals surface area contributed by atoms with Crippen molar-refractivity contribution in [2.24, 2.45) is 5.92 Å². The third-order valence-corrected chi connectivity index (χ3v) is 8.78. The zero-order valence-electron chi connectivity index (χ0n) is 20.4. The predicted molar refractivity (Wildman–Crippen MR) is 150 cm³/mol. The molecule has 190 valence electrons. The van der Waals surface area contributed by atoms with Gasteiger partial charge in [-0.2, -0.15) is 0 Å². The van der Waals surface area contributed by atoms with Gasteiger partial charge in [0.1, 0.15) is 5.82 Å². The van der Waals surface area contributed by atoms with Crippen LogP contribution in [0, 0.1) is 11.7 Å². The maximum atomic E-state index is 13.5. The van der Waals surface area contributed by atoms with E-state index in [0.29, 0.717) is 38.5 Å². The number of aromatic nitrogens is 2. The molecule has 1 aromatic heterocycles. The van der Waals surface area contributed by atoms with Crippen molar-refractivity contribution in [2.45, 2.75) is 24.4 Å². The zero-order chi connectivity index (χ0) is 25.6. The van der Waals surface area contributed by atoms with E-state index in [4.69, 9.17) is 4.98 Å². The smallest absolute Gasteiger partial charge is 0.266 e. The number of piperidine rings is 1. The average molecular weight is 534 g/mol. The summed E-state index contributed by atoms with van der Waals surface area (Å²) in [7, 11) is 0. The summed E-state index contributed by atoms with van der Waals surface area (Å²) >= 11 is 2.94. The Bertz CT molecular complexity index is 1420. The molecule has 0 saturated carbocycles. The van der Waals surface area contributed by atoms with Crippen LogP contribution in [0.15, 0.2) is 88.8 Å². The highest BCUT2D eigenvalue weighted by atomic mass is 32.2. The van der Waals surface area contributed by atoms with Crippen molar-refractivity contribution in [1.29, 1.82) is 0 Å². The van der Waals surface area contributed by atoms with E-state index in [-0.39, 0.29) is 17.3 Å². The molecule has 2 heterocycles. The molecule has 0 bridgehead atoms. The fourth-order valence-corrected chi connectivity index (χ4v) is 6.60. The van der Waals surface area contributed by atoms with Gasteiger partial charge in [-0.15, -0.1) is 11.8 Å². The molecule has 1 saturated heterocycles. The van der Waals surface area contributed by atoms with Crippen LogP contribution in [0.2, 0.25) is 0 Å². The van der Waals surface area contributed by atoms with Crippen LogP contribution >= 0.6 is 23.5 Å². The average Bonchev–Trinajstić information content (AvgIpc) is 2.93. The number of thioether (sulfide) groups is 2. The van der Waals surface area contributed by atoms with Crippen LogP contribution in [-0.2, 0) is 11.2 Å². The Hall–Kier alpha value is -3.10. The van der Waals surface area contributed by atoms with Gasteiger partial charge >= 0.3 is 0 Å². The van der Waals surface area contributed by atoms with E-state index in [0.717, 1.165) is 32.4 Å². The van der Waals surface area contributed by atoms with Crippen molar-refractivity contribution in [1.82, 2.24) is 14.5 Å². The number of fused-ring (bicyclic) bond motifs is 1. The molecule has 0 aliphatic carbocycles. The Labute approximate surface area is 224 Å². The summed E-state index contributed by atoms with van der Waals surface area (Å²) in [6.45, 7) is 1.61.